The Morgan fingerprint density at radius 2 is 2.00 bits per heavy atom. The van der Waals surface area contributed by atoms with Gasteiger partial charge in [-0.1, -0.05) is 0 Å². The quantitative estimate of drug-likeness (QED) is 0.283. The number of nitrogens with two attached hydrogens (primary N) is 1. The minimum atomic E-state index is -0.969. The molecule has 0 aromatic rings. The van der Waals surface area contributed by atoms with Gasteiger partial charge < -0.3 is 26.4 Å². The van der Waals surface area contributed by atoms with Crippen LogP contribution in [-0.2, 0) is 0 Å². The molecule has 4 atom stereocenters. The van der Waals surface area contributed by atoms with Gasteiger partial charge in [0.05, 0.1) is 24.9 Å². The summed E-state index contributed by atoms with van der Waals surface area (Å²) in [5.74, 6) is 0. The molecule has 1 aliphatic heterocycles. The van der Waals surface area contributed by atoms with E-state index in [0.29, 0.717) is 6.54 Å². The molecule has 5 nitrogen and oxygen atoms in total. The smallest absolute Gasteiger partial charge is 0.0989 e. The Labute approximate surface area is 64.8 Å². The summed E-state index contributed by atoms with van der Waals surface area (Å²) >= 11 is 0. The first-order valence-electron chi connectivity index (χ1n) is 3.62. The lowest BCUT2D eigenvalue weighted by molar-refractivity contribution is -0.0480. The summed E-state index contributed by atoms with van der Waals surface area (Å²) in [6.07, 6.45) is -1.91. The van der Waals surface area contributed by atoms with Crippen LogP contribution in [0.1, 0.15) is 0 Å². The lowest BCUT2D eigenvalue weighted by atomic mass is 9.95. The van der Waals surface area contributed by atoms with E-state index >= 15 is 0 Å². The summed E-state index contributed by atoms with van der Waals surface area (Å²) in [4.78, 5) is 0. The first-order valence-corrected chi connectivity index (χ1v) is 3.62. The molecule has 0 bridgehead atoms. The maximum Gasteiger partial charge on any atom is 0.0989 e. The molecule has 1 unspecified atom stereocenters. The van der Waals surface area contributed by atoms with Gasteiger partial charge >= 0.3 is 0 Å². The van der Waals surface area contributed by atoms with Crippen molar-refractivity contribution < 1.29 is 15.3 Å². The molecule has 0 radical (unpaired) electrons. The summed E-state index contributed by atoms with van der Waals surface area (Å²) < 4.78 is 0. The molecule has 0 aliphatic carbocycles. The molecule has 66 valence electrons. The molecule has 0 saturated carbocycles. The number of nitrogens with one attached hydrogen (secondary N) is 1. The van der Waals surface area contributed by atoms with Gasteiger partial charge in [0.1, 0.15) is 0 Å². The van der Waals surface area contributed by atoms with Crippen molar-refractivity contribution in [2.45, 2.75) is 24.3 Å². The predicted molar refractivity (Wildman–Crippen MR) is 38.9 cm³/mol. The van der Waals surface area contributed by atoms with Crippen LogP contribution < -0.4 is 11.1 Å². The van der Waals surface area contributed by atoms with Gasteiger partial charge in [-0.15, -0.1) is 0 Å². The molecule has 1 heterocycles. The van der Waals surface area contributed by atoms with Crippen molar-refractivity contribution in [1.29, 1.82) is 0 Å². The summed E-state index contributed by atoms with van der Waals surface area (Å²) in [6.45, 7) is 0.231. The minimum absolute atomic E-state index is 0.190. The summed E-state index contributed by atoms with van der Waals surface area (Å²) in [7, 11) is 0. The van der Waals surface area contributed by atoms with Gasteiger partial charge in [-0.05, 0) is 0 Å². The summed E-state index contributed by atoms with van der Waals surface area (Å²) in [6, 6.07) is -0.905. The van der Waals surface area contributed by atoms with Gasteiger partial charge in [0.15, 0.2) is 0 Å². The normalized spacial score (nSPS) is 45.8. The van der Waals surface area contributed by atoms with Crippen LogP contribution in [0.15, 0.2) is 0 Å². The molecule has 1 saturated heterocycles. The highest BCUT2D eigenvalue weighted by atomic mass is 16.3. The number of hydrogen-bond acceptors (Lipinski definition) is 5. The largest absolute Gasteiger partial charge is 0.395 e. The highest BCUT2D eigenvalue weighted by Crippen LogP contribution is 2.08. The standard InChI is InChI=1S/C6H14N2O3/c7-3-1-8-4(2-9)6(11)5(3)10/h3-6,8-11H,1-2,7H2/t3-,4?,5+,6+/m0/s1. The third-order valence-corrected chi connectivity index (χ3v) is 2.01. The van der Waals surface area contributed by atoms with Crippen LogP contribution >= 0.6 is 0 Å². The van der Waals surface area contributed by atoms with Crippen LogP contribution in [0.3, 0.4) is 0 Å². The fraction of sp³-hybridized carbons (Fsp3) is 1.00. The Bertz CT molecular complexity index is 131. The molecule has 11 heavy (non-hydrogen) atoms. The van der Waals surface area contributed by atoms with Gasteiger partial charge in [0.2, 0.25) is 0 Å². The molecule has 1 aliphatic rings. The highest BCUT2D eigenvalue weighted by Gasteiger charge is 2.34. The fourth-order valence-corrected chi connectivity index (χ4v) is 1.19. The number of aliphatic hydroxyl groups is 3. The number of rotatable bonds is 1. The van der Waals surface area contributed by atoms with E-state index in [1.54, 1.807) is 0 Å². The van der Waals surface area contributed by atoms with Crippen LogP contribution in [-0.4, -0.2) is 52.8 Å². The maximum atomic E-state index is 9.26. The Morgan fingerprint density at radius 1 is 1.36 bits per heavy atom. The van der Waals surface area contributed by atoms with E-state index in [1.807, 2.05) is 0 Å². The van der Waals surface area contributed by atoms with Gasteiger partial charge in [-0.3, -0.25) is 0 Å². The molecule has 1 rings (SSSR count). The summed E-state index contributed by atoms with van der Waals surface area (Å²) in [5, 5.41) is 30.0. The van der Waals surface area contributed by atoms with Crippen LogP contribution in [0.25, 0.3) is 0 Å². The van der Waals surface area contributed by atoms with Crippen LogP contribution in [0.2, 0.25) is 0 Å². The van der Waals surface area contributed by atoms with Crippen LogP contribution in [0, 0.1) is 0 Å². The fourth-order valence-electron chi connectivity index (χ4n) is 1.19. The van der Waals surface area contributed by atoms with Crippen molar-refractivity contribution >= 4 is 0 Å². The van der Waals surface area contributed by atoms with E-state index in [0.717, 1.165) is 0 Å². The SMILES string of the molecule is N[C@H]1CNC(CO)[C@@H](O)[C@@H]1O. The van der Waals surface area contributed by atoms with Crippen molar-refractivity contribution in [3.8, 4) is 0 Å². The van der Waals surface area contributed by atoms with Crippen molar-refractivity contribution in [2.24, 2.45) is 5.73 Å². The number of aliphatic hydroxyl groups excluding tert-OH is 3. The molecule has 6 N–H and O–H groups in total. The van der Waals surface area contributed by atoms with Gasteiger partial charge in [-0.2, -0.15) is 0 Å². The Balaban J connectivity index is 2.52. The van der Waals surface area contributed by atoms with Crippen LogP contribution in [0.4, 0.5) is 0 Å². The molecular formula is C6H14N2O3. The Hall–Kier alpha value is -0.200. The van der Waals surface area contributed by atoms with E-state index < -0.39 is 24.3 Å². The van der Waals surface area contributed by atoms with E-state index in [9.17, 15) is 10.2 Å². The van der Waals surface area contributed by atoms with Crippen molar-refractivity contribution in [1.82, 2.24) is 5.32 Å². The molecule has 0 aromatic heterocycles. The lowest BCUT2D eigenvalue weighted by Crippen LogP contribution is -2.63. The third kappa shape index (κ3) is 1.69. The average molecular weight is 162 g/mol. The van der Waals surface area contributed by atoms with Crippen molar-refractivity contribution in [2.75, 3.05) is 13.2 Å². The van der Waals surface area contributed by atoms with Crippen molar-refractivity contribution in [3.05, 3.63) is 0 Å². The second kappa shape index (κ2) is 3.46. The third-order valence-electron chi connectivity index (χ3n) is 2.01. The predicted octanol–water partition coefficient (Wildman–Crippen LogP) is -3.00. The van der Waals surface area contributed by atoms with Crippen molar-refractivity contribution in [3.63, 3.8) is 0 Å². The highest BCUT2D eigenvalue weighted by molar-refractivity contribution is 4.93. The first kappa shape index (κ1) is 8.89. The van der Waals surface area contributed by atoms with E-state index in [2.05, 4.69) is 5.32 Å². The molecule has 5 heteroatoms. The zero-order chi connectivity index (χ0) is 8.43. The lowest BCUT2D eigenvalue weighted by Gasteiger charge is -2.35. The molecule has 0 amide bonds. The molecule has 0 spiro atoms. The topological polar surface area (TPSA) is 98.7 Å². The van der Waals surface area contributed by atoms with E-state index in [1.165, 1.54) is 0 Å². The Morgan fingerprint density at radius 3 is 2.55 bits per heavy atom. The number of hydrogen-bond donors (Lipinski definition) is 5. The monoisotopic (exact) mass is 162 g/mol. The van der Waals surface area contributed by atoms with Gasteiger partial charge in [-0.25, -0.2) is 0 Å². The van der Waals surface area contributed by atoms with Gasteiger partial charge in [0, 0.05) is 12.6 Å². The Kier molecular flexibility index (Phi) is 2.80. The average Bonchev–Trinajstić information content (AvgIpc) is 2.01. The number of piperidine rings is 1. The zero-order valence-electron chi connectivity index (χ0n) is 6.14. The second-order valence-electron chi connectivity index (χ2n) is 2.84. The zero-order valence-corrected chi connectivity index (χ0v) is 6.14. The van der Waals surface area contributed by atoms with E-state index in [4.69, 9.17) is 10.8 Å². The first-order chi connectivity index (χ1) is 5.16. The summed E-state index contributed by atoms with van der Waals surface area (Å²) in [5.41, 5.74) is 5.43. The molecule has 1 fully saturated rings. The van der Waals surface area contributed by atoms with E-state index in [-0.39, 0.29) is 6.61 Å². The van der Waals surface area contributed by atoms with Crippen LogP contribution in [0.5, 0.6) is 0 Å². The minimum Gasteiger partial charge on any atom is -0.395 e. The molecular weight excluding hydrogens is 148 g/mol. The maximum absolute atomic E-state index is 9.26. The second-order valence-corrected chi connectivity index (χ2v) is 2.84. The molecule has 0 aromatic carbocycles. The van der Waals surface area contributed by atoms with Gasteiger partial charge in [0.25, 0.3) is 0 Å².